The van der Waals surface area contributed by atoms with Crippen LogP contribution in [0, 0.1) is 5.92 Å². The molecule has 1 saturated carbocycles. The van der Waals surface area contributed by atoms with E-state index in [1.54, 1.807) is 25.3 Å². The number of methoxy groups -OCH3 is 1. The van der Waals surface area contributed by atoms with Gasteiger partial charge < -0.3 is 15.8 Å². The lowest BCUT2D eigenvalue weighted by Crippen LogP contribution is -2.33. The average Bonchev–Trinajstić information content (AvgIpc) is 2.74. The Labute approximate surface area is 108 Å². The zero-order chi connectivity index (χ0) is 13.1. The van der Waals surface area contributed by atoms with E-state index in [4.69, 9.17) is 10.5 Å². The van der Waals surface area contributed by atoms with Crippen LogP contribution in [-0.2, 0) is 0 Å². The van der Waals surface area contributed by atoms with Crippen molar-refractivity contribution < 1.29 is 9.53 Å². The molecule has 4 nitrogen and oxygen atoms in total. The lowest BCUT2D eigenvalue weighted by molar-refractivity contribution is 0.0934. The number of nitrogens with one attached hydrogen (secondary N) is 1. The SMILES string of the molecule is COc1ccc(N)cc1C(=O)NC1CCC(C)C1. The average molecular weight is 248 g/mol. The smallest absolute Gasteiger partial charge is 0.255 e. The Kier molecular flexibility index (Phi) is 3.75. The topological polar surface area (TPSA) is 64.3 Å². The molecule has 18 heavy (non-hydrogen) atoms. The van der Waals surface area contributed by atoms with Gasteiger partial charge in [0.2, 0.25) is 0 Å². The van der Waals surface area contributed by atoms with Gasteiger partial charge in [0.05, 0.1) is 12.7 Å². The highest BCUT2D eigenvalue weighted by Gasteiger charge is 2.24. The summed E-state index contributed by atoms with van der Waals surface area (Å²) in [6.45, 7) is 2.22. The van der Waals surface area contributed by atoms with Crippen molar-refractivity contribution in [2.75, 3.05) is 12.8 Å². The maximum Gasteiger partial charge on any atom is 0.255 e. The molecule has 1 aliphatic rings. The minimum atomic E-state index is -0.0988. The Morgan fingerprint density at radius 1 is 1.44 bits per heavy atom. The molecule has 2 atom stereocenters. The van der Waals surface area contributed by atoms with Crippen molar-refractivity contribution in [2.24, 2.45) is 5.92 Å². The third-order valence-corrected chi connectivity index (χ3v) is 3.50. The number of nitrogen functional groups attached to an aromatic ring is 1. The Morgan fingerprint density at radius 2 is 2.22 bits per heavy atom. The fourth-order valence-corrected chi connectivity index (χ4v) is 2.50. The van der Waals surface area contributed by atoms with E-state index in [-0.39, 0.29) is 11.9 Å². The van der Waals surface area contributed by atoms with Crippen molar-refractivity contribution in [2.45, 2.75) is 32.2 Å². The molecule has 0 aromatic heterocycles. The summed E-state index contributed by atoms with van der Waals surface area (Å²) in [5.41, 5.74) is 6.80. The number of anilines is 1. The number of hydrogen-bond acceptors (Lipinski definition) is 3. The van der Waals surface area contributed by atoms with Crippen molar-refractivity contribution in [3.05, 3.63) is 23.8 Å². The maximum absolute atomic E-state index is 12.2. The molecule has 1 aliphatic carbocycles. The van der Waals surface area contributed by atoms with Gasteiger partial charge in [0.15, 0.2) is 0 Å². The molecule has 1 amide bonds. The number of amides is 1. The molecular weight excluding hydrogens is 228 g/mol. The van der Waals surface area contributed by atoms with Gasteiger partial charge >= 0.3 is 0 Å². The lowest BCUT2D eigenvalue weighted by atomic mass is 10.1. The summed E-state index contributed by atoms with van der Waals surface area (Å²) >= 11 is 0. The van der Waals surface area contributed by atoms with Gasteiger partial charge in [-0.2, -0.15) is 0 Å². The fraction of sp³-hybridized carbons (Fsp3) is 0.500. The monoisotopic (exact) mass is 248 g/mol. The van der Waals surface area contributed by atoms with Gasteiger partial charge in [-0.3, -0.25) is 4.79 Å². The van der Waals surface area contributed by atoms with Gasteiger partial charge in [-0.25, -0.2) is 0 Å². The highest BCUT2D eigenvalue weighted by Crippen LogP contribution is 2.26. The summed E-state index contributed by atoms with van der Waals surface area (Å²) in [6.07, 6.45) is 3.28. The van der Waals surface area contributed by atoms with E-state index >= 15 is 0 Å². The van der Waals surface area contributed by atoms with Crippen LogP contribution >= 0.6 is 0 Å². The first-order chi connectivity index (χ1) is 8.60. The normalized spacial score (nSPS) is 22.8. The first kappa shape index (κ1) is 12.7. The van der Waals surface area contributed by atoms with E-state index in [9.17, 15) is 4.79 Å². The largest absolute Gasteiger partial charge is 0.496 e. The van der Waals surface area contributed by atoms with Crippen molar-refractivity contribution in [3.63, 3.8) is 0 Å². The van der Waals surface area contributed by atoms with E-state index in [2.05, 4.69) is 12.2 Å². The third kappa shape index (κ3) is 2.75. The molecule has 0 spiro atoms. The van der Waals surface area contributed by atoms with Crippen molar-refractivity contribution in [3.8, 4) is 5.75 Å². The molecule has 0 saturated heterocycles. The van der Waals surface area contributed by atoms with Gasteiger partial charge in [0.1, 0.15) is 5.75 Å². The molecule has 0 bridgehead atoms. The second-order valence-corrected chi connectivity index (χ2v) is 5.05. The van der Waals surface area contributed by atoms with Crippen LogP contribution in [0.15, 0.2) is 18.2 Å². The molecule has 0 aliphatic heterocycles. The van der Waals surface area contributed by atoms with Crippen molar-refractivity contribution >= 4 is 11.6 Å². The second kappa shape index (κ2) is 5.29. The molecule has 98 valence electrons. The quantitative estimate of drug-likeness (QED) is 0.806. The summed E-state index contributed by atoms with van der Waals surface area (Å²) in [4.78, 5) is 12.2. The molecule has 0 radical (unpaired) electrons. The zero-order valence-corrected chi connectivity index (χ0v) is 10.9. The fourth-order valence-electron chi connectivity index (χ4n) is 2.50. The van der Waals surface area contributed by atoms with Crippen LogP contribution in [0.25, 0.3) is 0 Å². The number of ether oxygens (including phenoxy) is 1. The Morgan fingerprint density at radius 3 is 2.83 bits per heavy atom. The summed E-state index contributed by atoms with van der Waals surface area (Å²) < 4.78 is 5.19. The number of rotatable bonds is 3. The van der Waals surface area contributed by atoms with E-state index in [0.717, 1.165) is 12.8 Å². The first-order valence-corrected chi connectivity index (χ1v) is 6.34. The predicted molar refractivity (Wildman–Crippen MR) is 71.7 cm³/mol. The molecule has 2 rings (SSSR count). The van der Waals surface area contributed by atoms with Gasteiger partial charge in [-0.1, -0.05) is 6.92 Å². The Balaban J connectivity index is 2.10. The van der Waals surface area contributed by atoms with Crippen LogP contribution in [0.4, 0.5) is 5.69 Å². The lowest BCUT2D eigenvalue weighted by Gasteiger charge is -2.14. The Bertz CT molecular complexity index is 445. The van der Waals surface area contributed by atoms with E-state index in [1.165, 1.54) is 6.42 Å². The molecule has 2 unspecified atom stereocenters. The number of benzene rings is 1. The van der Waals surface area contributed by atoms with Crippen LogP contribution in [0.2, 0.25) is 0 Å². The number of hydrogen-bond donors (Lipinski definition) is 2. The second-order valence-electron chi connectivity index (χ2n) is 5.05. The summed E-state index contributed by atoms with van der Waals surface area (Å²) in [5.74, 6) is 1.16. The van der Waals surface area contributed by atoms with E-state index in [0.29, 0.717) is 22.9 Å². The van der Waals surface area contributed by atoms with Gasteiger partial charge in [-0.15, -0.1) is 0 Å². The highest BCUT2D eigenvalue weighted by molar-refractivity contribution is 5.98. The molecule has 4 heteroatoms. The highest BCUT2D eigenvalue weighted by atomic mass is 16.5. The van der Waals surface area contributed by atoms with Gasteiger partial charge in [0.25, 0.3) is 5.91 Å². The molecule has 0 heterocycles. The maximum atomic E-state index is 12.2. The third-order valence-electron chi connectivity index (χ3n) is 3.50. The van der Waals surface area contributed by atoms with Crippen LogP contribution in [0.5, 0.6) is 5.75 Å². The minimum absolute atomic E-state index is 0.0988. The summed E-state index contributed by atoms with van der Waals surface area (Å²) in [5, 5.41) is 3.05. The minimum Gasteiger partial charge on any atom is -0.496 e. The van der Waals surface area contributed by atoms with Gasteiger partial charge in [0, 0.05) is 11.7 Å². The summed E-state index contributed by atoms with van der Waals surface area (Å²) in [6, 6.07) is 5.39. The van der Waals surface area contributed by atoms with Crippen LogP contribution in [-0.4, -0.2) is 19.1 Å². The van der Waals surface area contributed by atoms with Gasteiger partial charge in [-0.05, 0) is 43.4 Å². The Hall–Kier alpha value is -1.71. The summed E-state index contributed by atoms with van der Waals surface area (Å²) in [7, 11) is 1.56. The molecule has 1 fully saturated rings. The van der Waals surface area contributed by atoms with Crippen molar-refractivity contribution in [1.29, 1.82) is 0 Å². The number of carbonyl (C=O) groups is 1. The first-order valence-electron chi connectivity index (χ1n) is 6.34. The molecular formula is C14H20N2O2. The molecule has 3 N–H and O–H groups in total. The molecule has 1 aromatic carbocycles. The van der Waals surface area contributed by atoms with Crippen LogP contribution < -0.4 is 15.8 Å². The number of nitrogens with two attached hydrogens (primary N) is 1. The number of carbonyl (C=O) groups excluding carboxylic acids is 1. The van der Waals surface area contributed by atoms with Crippen molar-refractivity contribution in [1.82, 2.24) is 5.32 Å². The standard InChI is InChI=1S/C14H20N2O2/c1-9-3-5-11(7-9)16-14(17)12-8-10(15)4-6-13(12)18-2/h4,6,8-9,11H,3,5,7,15H2,1-2H3,(H,16,17). The van der Waals surface area contributed by atoms with Crippen LogP contribution in [0.3, 0.4) is 0 Å². The molecule has 1 aromatic rings. The van der Waals surface area contributed by atoms with E-state index in [1.807, 2.05) is 0 Å². The predicted octanol–water partition coefficient (Wildman–Crippen LogP) is 2.20. The van der Waals surface area contributed by atoms with Crippen LogP contribution in [0.1, 0.15) is 36.5 Å². The van der Waals surface area contributed by atoms with E-state index < -0.39 is 0 Å². The zero-order valence-electron chi connectivity index (χ0n) is 10.9.